The molecular weight excluding hydrogens is 294 g/mol. The average molecular weight is 306 g/mol. The van der Waals surface area contributed by atoms with Gasteiger partial charge in [-0.1, -0.05) is 0 Å². The molecule has 0 N–H and O–H groups in total. The molecule has 2 aromatic heterocycles. The minimum Gasteiger partial charge on any atom is -0.441 e. The molecule has 0 aliphatic carbocycles. The Kier molecular flexibility index (Phi) is 2.52. The topological polar surface area (TPSA) is 43.9 Å². The van der Waals surface area contributed by atoms with Crippen LogP contribution < -0.4 is 0 Å². The molecule has 4 nitrogen and oxygen atoms in total. The van der Waals surface area contributed by atoms with Crippen molar-refractivity contribution in [3.63, 3.8) is 0 Å². The molecule has 0 amide bonds. The Hall–Kier alpha value is -1.62. The zero-order chi connectivity index (χ0) is 12.9. The van der Waals surface area contributed by atoms with Gasteiger partial charge in [0.25, 0.3) is 0 Å². The van der Waals surface area contributed by atoms with Crippen LogP contribution in [0.25, 0.3) is 22.4 Å². The predicted molar refractivity (Wildman–Crippen MR) is 73.4 cm³/mol. The summed E-state index contributed by atoms with van der Waals surface area (Å²) in [6.07, 6.45) is 0. The van der Waals surface area contributed by atoms with Gasteiger partial charge in [0.15, 0.2) is 11.5 Å². The summed E-state index contributed by atoms with van der Waals surface area (Å²) in [6, 6.07) is 5.93. The number of oxazole rings is 1. The summed E-state index contributed by atoms with van der Waals surface area (Å²) in [6.45, 7) is 3.83. The molecule has 0 fully saturated rings. The summed E-state index contributed by atoms with van der Waals surface area (Å²) in [7, 11) is 1.98. The Morgan fingerprint density at radius 3 is 2.67 bits per heavy atom. The Morgan fingerprint density at radius 1 is 1.22 bits per heavy atom. The number of rotatable bonds is 1. The lowest BCUT2D eigenvalue weighted by atomic mass is 10.1. The summed E-state index contributed by atoms with van der Waals surface area (Å²) in [5, 5.41) is 0. The highest BCUT2D eigenvalue weighted by molar-refractivity contribution is 9.10. The highest BCUT2D eigenvalue weighted by Gasteiger charge is 2.13. The molecule has 1 aromatic carbocycles. The fraction of sp³-hybridized carbons (Fsp3) is 0.231. The zero-order valence-electron chi connectivity index (χ0n) is 10.4. The van der Waals surface area contributed by atoms with Crippen molar-refractivity contribution < 1.29 is 4.42 Å². The monoisotopic (exact) mass is 305 g/mol. The molecule has 0 saturated heterocycles. The first-order valence-corrected chi connectivity index (χ1v) is 6.42. The van der Waals surface area contributed by atoms with Crippen molar-refractivity contribution in [2.45, 2.75) is 13.8 Å². The van der Waals surface area contributed by atoms with Crippen LogP contribution >= 0.6 is 15.9 Å². The van der Waals surface area contributed by atoms with Crippen molar-refractivity contribution in [2.24, 2.45) is 7.05 Å². The van der Waals surface area contributed by atoms with E-state index in [1.165, 1.54) is 0 Å². The lowest BCUT2D eigenvalue weighted by Gasteiger charge is -1.98. The normalized spacial score (nSPS) is 11.3. The Balaban J connectivity index is 2.21. The Labute approximate surface area is 113 Å². The maximum absolute atomic E-state index is 5.47. The second kappa shape index (κ2) is 3.95. The van der Waals surface area contributed by atoms with E-state index in [0.29, 0.717) is 5.89 Å². The summed E-state index contributed by atoms with van der Waals surface area (Å²) in [4.78, 5) is 8.89. The summed E-state index contributed by atoms with van der Waals surface area (Å²) in [5.41, 5.74) is 3.63. The van der Waals surface area contributed by atoms with Gasteiger partial charge in [0, 0.05) is 19.5 Å². The van der Waals surface area contributed by atoms with Crippen LogP contribution in [0.1, 0.15) is 11.7 Å². The van der Waals surface area contributed by atoms with Crippen molar-refractivity contribution in [1.82, 2.24) is 14.5 Å². The van der Waals surface area contributed by atoms with Crippen LogP contribution in [0.3, 0.4) is 0 Å². The van der Waals surface area contributed by atoms with E-state index in [0.717, 1.165) is 32.8 Å². The van der Waals surface area contributed by atoms with Crippen molar-refractivity contribution in [2.75, 3.05) is 0 Å². The largest absolute Gasteiger partial charge is 0.441 e. The number of halogens is 1. The lowest BCUT2D eigenvalue weighted by Crippen LogP contribution is -1.90. The number of imidazole rings is 1. The molecule has 5 heteroatoms. The first kappa shape index (κ1) is 11.5. The third-order valence-corrected chi connectivity index (χ3v) is 3.92. The van der Waals surface area contributed by atoms with Gasteiger partial charge in [-0.3, -0.25) is 0 Å². The molecule has 0 spiro atoms. The molecule has 2 heterocycles. The standard InChI is InChI=1S/C13H12BrN3O/c1-7-15-12(13(14)17(7)3)9-4-5-11-10(6-9)16-8(2)18-11/h4-6H,1-3H3. The van der Waals surface area contributed by atoms with Gasteiger partial charge in [-0.15, -0.1) is 0 Å². The van der Waals surface area contributed by atoms with E-state index in [2.05, 4.69) is 25.9 Å². The number of aryl methyl sites for hydroxylation is 2. The van der Waals surface area contributed by atoms with Crippen molar-refractivity contribution >= 4 is 27.0 Å². The van der Waals surface area contributed by atoms with E-state index in [1.807, 2.05) is 43.7 Å². The predicted octanol–water partition coefficient (Wildman–Crippen LogP) is 3.61. The van der Waals surface area contributed by atoms with Gasteiger partial charge < -0.3 is 8.98 Å². The fourth-order valence-corrected chi connectivity index (χ4v) is 2.53. The lowest BCUT2D eigenvalue weighted by molar-refractivity contribution is 0.561. The van der Waals surface area contributed by atoms with E-state index < -0.39 is 0 Å². The Bertz CT molecular complexity index is 742. The number of nitrogens with zero attached hydrogens (tertiary/aromatic N) is 3. The van der Waals surface area contributed by atoms with Gasteiger partial charge in [0.1, 0.15) is 21.6 Å². The fourth-order valence-electron chi connectivity index (χ4n) is 1.96. The van der Waals surface area contributed by atoms with Gasteiger partial charge in [-0.2, -0.15) is 0 Å². The van der Waals surface area contributed by atoms with Crippen LogP contribution in [-0.4, -0.2) is 14.5 Å². The van der Waals surface area contributed by atoms with Crippen molar-refractivity contribution in [1.29, 1.82) is 0 Å². The zero-order valence-corrected chi connectivity index (χ0v) is 11.9. The molecule has 0 saturated carbocycles. The van der Waals surface area contributed by atoms with E-state index in [9.17, 15) is 0 Å². The third-order valence-electron chi connectivity index (χ3n) is 3.02. The number of aromatic nitrogens is 3. The third kappa shape index (κ3) is 1.66. The molecule has 0 aliphatic heterocycles. The summed E-state index contributed by atoms with van der Waals surface area (Å²) >= 11 is 3.56. The van der Waals surface area contributed by atoms with Crippen LogP contribution in [0.2, 0.25) is 0 Å². The molecule has 3 rings (SSSR count). The SMILES string of the molecule is Cc1nc2cc(-c3nc(C)n(C)c3Br)ccc2o1. The van der Waals surface area contributed by atoms with Gasteiger partial charge >= 0.3 is 0 Å². The maximum atomic E-state index is 5.47. The first-order chi connectivity index (χ1) is 8.56. The Morgan fingerprint density at radius 2 is 2.00 bits per heavy atom. The van der Waals surface area contributed by atoms with Crippen molar-refractivity contribution in [3.05, 3.63) is 34.5 Å². The van der Waals surface area contributed by atoms with Crippen LogP contribution in [-0.2, 0) is 7.05 Å². The quantitative estimate of drug-likeness (QED) is 0.690. The molecule has 92 valence electrons. The highest BCUT2D eigenvalue weighted by atomic mass is 79.9. The number of hydrogen-bond donors (Lipinski definition) is 0. The van der Waals surface area contributed by atoms with E-state index in [-0.39, 0.29) is 0 Å². The first-order valence-electron chi connectivity index (χ1n) is 5.62. The number of benzene rings is 1. The van der Waals surface area contributed by atoms with E-state index in [4.69, 9.17) is 4.42 Å². The average Bonchev–Trinajstić information content (AvgIpc) is 2.82. The molecular formula is C13H12BrN3O. The smallest absolute Gasteiger partial charge is 0.192 e. The van der Waals surface area contributed by atoms with Gasteiger partial charge in [0.05, 0.1) is 0 Å². The maximum Gasteiger partial charge on any atom is 0.192 e. The van der Waals surface area contributed by atoms with Crippen LogP contribution in [0.4, 0.5) is 0 Å². The highest BCUT2D eigenvalue weighted by Crippen LogP contribution is 2.30. The van der Waals surface area contributed by atoms with Crippen LogP contribution in [0, 0.1) is 13.8 Å². The minimum atomic E-state index is 0.679. The van der Waals surface area contributed by atoms with Crippen LogP contribution in [0.5, 0.6) is 0 Å². The van der Waals surface area contributed by atoms with Crippen molar-refractivity contribution in [3.8, 4) is 11.3 Å². The van der Waals surface area contributed by atoms with E-state index >= 15 is 0 Å². The van der Waals surface area contributed by atoms with Gasteiger partial charge in [-0.25, -0.2) is 9.97 Å². The van der Waals surface area contributed by atoms with Crippen LogP contribution in [0.15, 0.2) is 27.2 Å². The molecule has 18 heavy (non-hydrogen) atoms. The molecule has 3 aromatic rings. The molecule has 0 bridgehead atoms. The summed E-state index contributed by atoms with van der Waals surface area (Å²) in [5.74, 6) is 1.65. The molecule has 0 unspecified atom stereocenters. The summed E-state index contributed by atoms with van der Waals surface area (Å²) < 4.78 is 8.45. The van der Waals surface area contributed by atoms with E-state index in [1.54, 1.807) is 0 Å². The molecule has 0 atom stereocenters. The molecule has 0 radical (unpaired) electrons. The second-order valence-corrected chi connectivity index (χ2v) is 5.02. The van der Waals surface area contributed by atoms with Gasteiger partial charge in [0.2, 0.25) is 0 Å². The van der Waals surface area contributed by atoms with Gasteiger partial charge in [-0.05, 0) is 41.1 Å². The number of fused-ring (bicyclic) bond motifs is 1. The molecule has 0 aliphatic rings. The second-order valence-electron chi connectivity index (χ2n) is 4.27. The minimum absolute atomic E-state index is 0.679. The number of hydrogen-bond acceptors (Lipinski definition) is 3.